The quantitative estimate of drug-likeness (QED) is 0.639. The zero-order valence-electron chi connectivity index (χ0n) is 19.6. The van der Waals surface area contributed by atoms with Crippen LogP contribution in [0.1, 0.15) is 17.3 Å². The van der Waals surface area contributed by atoms with Crippen molar-refractivity contribution in [1.82, 2.24) is 14.8 Å². The van der Waals surface area contributed by atoms with Crippen molar-refractivity contribution >= 4 is 29.2 Å². The van der Waals surface area contributed by atoms with Crippen LogP contribution in [0.15, 0.2) is 30.9 Å². The lowest BCUT2D eigenvalue weighted by Gasteiger charge is -2.39. The van der Waals surface area contributed by atoms with Gasteiger partial charge in [-0.05, 0) is 35.5 Å². The van der Waals surface area contributed by atoms with Gasteiger partial charge >= 0.3 is 0 Å². The Balaban J connectivity index is 1.37. The summed E-state index contributed by atoms with van der Waals surface area (Å²) in [7, 11) is 0. The first-order chi connectivity index (χ1) is 17.3. The highest BCUT2D eigenvalue weighted by Gasteiger charge is 2.90. The Morgan fingerprint density at radius 2 is 2.08 bits per heavy atom. The summed E-state index contributed by atoms with van der Waals surface area (Å²) in [6, 6.07) is 3.90. The van der Waals surface area contributed by atoms with Crippen LogP contribution in [-0.4, -0.2) is 76.6 Å². The Morgan fingerprint density at radius 3 is 2.75 bits per heavy atom. The number of piperidine rings is 1. The van der Waals surface area contributed by atoms with E-state index in [1.807, 2.05) is 0 Å². The van der Waals surface area contributed by atoms with Crippen LogP contribution in [-0.2, 0) is 4.79 Å². The minimum Gasteiger partial charge on any atom is -0.507 e. The molecule has 2 aliphatic carbocycles. The fourth-order valence-corrected chi connectivity index (χ4v) is 7.09. The Kier molecular flexibility index (Phi) is 4.34. The van der Waals surface area contributed by atoms with E-state index in [1.165, 1.54) is 24.3 Å². The lowest BCUT2D eigenvalue weighted by molar-refractivity contribution is -0.128. The summed E-state index contributed by atoms with van der Waals surface area (Å²) in [6.45, 7) is 7.70. The molecule has 4 aliphatic heterocycles. The number of nitrogens with zero attached hydrogens (tertiary/aromatic N) is 4. The number of benzene rings is 1. The summed E-state index contributed by atoms with van der Waals surface area (Å²) in [4.78, 5) is 36.5. The average Bonchev–Trinajstić information content (AvgIpc) is 3.52. The zero-order chi connectivity index (χ0) is 25.1. The van der Waals surface area contributed by atoms with Gasteiger partial charge in [-0.3, -0.25) is 9.59 Å². The number of phenolic OH excluding ortho intramolecular Hbond substituents is 1. The number of aromatic nitrogens is 1. The number of phenols is 1. The Labute approximate surface area is 211 Å². The highest BCUT2D eigenvalue weighted by atomic mass is 35.5. The van der Waals surface area contributed by atoms with Crippen LogP contribution < -0.4 is 9.64 Å². The van der Waals surface area contributed by atoms with E-state index < -0.39 is 5.82 Å². The van der Waals surface area contributed by atoms with E-state index >= 15 is 0 Å². The number of ether oxygens (including phenoxy) is 1. The SMILES string of the molecule is C=CC(=O)N1CCN2C(=O)c3c(N4CC5[C@@H]6[C@H]4[C@]56C)nc(-c4c(O)cccc4F)c(Cl)c3OCC2C1. The average molecular weight is 511 g/mol. The first-order valence-corrected chi connectivity index (χ1v) is 12.5. The van der Waals surface area contributed by atoms with Crippen LogP contribution in [0, 0.1) is 23.1 Å². The third-order valence-electron chi connectivity index (χ3n) is 8.88. The molecule has 2 unspecified atom stereocenters. The maximum Gasteiger partial charge on any atom is 0.261 e. The molecule has 6 aliphatic rings. The first-order valence-electron chi connectivity index (χ1n) is 12.1. The predicted octanol–water partition coefficient (Wildman–Crippen LogP) is 2.93. The molecule has 2 bridgehead atoms. The van der Waals surface area contributed by atoms with Crippen molar-refractivity contribution in [1.29, 1.82) is 0 Å². The summed E-state index contributed by atoms with van der Waals surface area (Å²) < 4.78 is 21.1. The summed E-state index contributed by atoms with van der Waals surface area (Å²) in [5, 5.41) is 10.5. The van der Waals surface area contributed by atoms with E-state index in [2.05, 4.69) is 18.4 Å². The molecule has 5 atom stereocenters. The third-order valence-corrected chi connectivity index (χ3v) is 9.23. The molecular weight excluding hydrogens is 487 g/mol. The molecule has 1 aromatic heterocycles. The molecule has 186 valence electrons. The molecule has 10 heteroatoms. The molecule has 5 fully saturated rings. The van der Waals surface area contributed by atoms with Crippen LogP contribution in [0.2, 0.25) is 5.02 Å². The Hall–Kier alpha value is -3.33. The highest BCUT2D eigenvalue weighted by molar-refractivity contribution is 6.35. The van der Waals surface area contributed by atoms with Crippen molar-refractivity contribution in [2.75, 3.05) is 37.7 Å². The maximum absolute atomic E-state index is 14.9. The Morgan fingerprint density at radius 1 is 1.31 bits per heavy atom. The van der Waals surface area contributed by atoms with Crippen LogP contribution in [0.25, 0.3) is 11.3 Å². The van der Waals surface area contributed by atoms with Gasteiger partial charge in [-0.2, -0.15) is 0 Å². The fourth-order valence-electron chi connectivity index (χ4n) is 6.80. The van der Waals surface area contributed by atoms with Crippen molar-refractivity contribution in [2.24, 2.45) is 17.3 Å². The number of anilines is 1. The maximum atomic E-state index is 14.9. The molecule has 8 nitrogen and oxygen atoms in total. The Bertz CT molecular complexity index is 1360. The number of halogens is 2. The summed E-state index contributed by atoms with van der Waals surface area (Å²) in [5.74, 6) is 0.267. The second kappa shape index (κ2) is 7.12. The van der Waals surface area contributed by atoms with Gasteiger partial charge in [0.1, 0.15) is 40.3 Å². The number of hydrogen-bond acceptors (Lipinski definition) is 6. The standard InChI is InChI=1S/C26H24ClFN4O4/c1-3-16(34)30-7-8-31-12(9-30)11-36-22-18(25(31)35)24(32-10-13-19-23(32)26(13,19)2)29-21(20(22)27)17-14(28)5-4-6-15(17)33/h3-6,12-13,19,23,33H,1,7-11H2,2H3/t12?,13?,19-,23+,26-/m1/s1. The van der Waals surface area contributed by atoms with Gasteiger partial charge in [-0.15, -0.1) is 0 Å². The molecule has 2 saturated carbocycles. The fraction of sp³-hybridized carbons (Fsp3) is 0.423. The molecule has 1 N–H and O–H groups in total. The van der Waals surface area contributed by atoms with Gasteiger partial charge in [0, 0.05) is 32.2 Å². The van der Waals surface area contributed by atoms with E-state index in [-0.39, 0.29) is 69.3 Å². The number of pyridine rings is 1. The topological polar surface area (TPSA) is 86.2 Å². The minimum atomic E-state index is -0.672. The molecule has 8 rings (SSSR count). The predicted molar refractivity (Wildman–Crippen MR) is 130 cm³/mol. The van der Waals surface area contributed by atoms with E-state index in [0.29, 0.717) is 37.3 Å². The second-order valence-corrected chi connectivity index (χ2v) is 10.9. The molecule has 0 radical (unpaired) electrons. The van der Waals surface area contributed by atoms with Crippen molar-refractivity contribution in [2.45, 2.75) is 19.0 Å². The molecule has 2 aromatic rings. The molecular formula is C26H24ClFN4O4. The van der Waals surface area contributed by atoms with Gasteiger partial charge in [-0.25, -0.2) is 9.37 Å². The normalized spacial score (nSPS) is 31.2. The first kappa shape index (κ1) is 21.9. The van der Waals surface area contributed by atoms with Crippen LogP contribution >= 0.6 is 11.6 Å². The van der Waals surface area contributed by atoms with E-state index in [9.17, 15) is 19.1 Å². The zero-order valence-corrected chi connectivity index (χ0v) is 20.3. The minimum absolute atomic E-state index is 0.0218. The van der Waals surface area contributed by atoms with Crippen LogP contribution in [0.3, 0.4) is 0 Å². The number of carbonyl (C=O) groups excluding carboxylic acids is 2. The van der Waals surface area contributed by atoms with E-state index in [1.54, 1.807) is 9.80 Å². The van der Waals surface area contributed by atoms with Crippen molar-refractivity contribution < 1.29 is 23.8 Å². The third kappa shape index (κ3) is 2.66. The number of piperazine rings is 1. The number of rotatable bonds is 3. The highest BCUT2D eigenvalue weighted by Crippen LogP contribution is 2.85. The number of hydrogen-bond donors (Lipinski definition) is 1. The van der Waals surface area contributed by atoms with Gasteiger partial charge in [0.2, 0.25) is 5.91 Å². The second-order valence-electron chi connectivity index (χ2n) is 10.5. The molecule has 2 amide bonds. The number of fused-ring (bicyclic) bond motifs is 3. The summed E-state index contributed by atoms with van der Waals surface area (Å²) in [6.07, 6.45) is 1.26. The lowest BCUT2D eigenvalue weighted by Crippen LogP contribution is -2.57. The largest absolute Gasteiger partial charge is 0.507 e. The number of amides is 2. The monoisotopic (exact) mass is 510 g/mol. The lowest BCUT2D eigenvalue weighted by atomic mass is 10.1. The van der Waals surface area contributed by atoms with Gasteiger partial charge in [-0.1, -0.05) is 31.2 Å². The number of carbonyl (C=O) groups is 2. The van der Waals surface area contributed by atoms with Crippen LogP contribution in [0.5, 0.6) is 11.5 Å². The van der Waals surface area contributed by atoms with Gasteiger partial charge in [0.05, 0.1) is 11.6 Å². The number of aromatic hydroxyl groups is 1. The van der Waals surface area contributed by atoms with Crippen molar-refractivity contribution in [3.05, 3.63) is 47.3 Å². The summed E-state index contributed by atoms with van der Waals surface area (Å²) in [5.41, 5.74) is 0.419. The van der Waals surface area contributed by atoms with Gasteiger partial charge < -0.3 is 24.5 Å². The van der Waals surface area contributed by atoms with E-state index in [4.69, 9.17) is 21.3 Å². The van der Waals surface area contributed by atoms with Gasteiger partial charge in [0.15, 0.2) is 5.75 Å². The molecule has 0 spiro atoms. The molecule has 3 saturated heterocycles. The summed E-state index contributed by atoms with van der Waals surface area (Å²) >= 11 is 6.77. The molecule has 1 aromatic carbocycles. The van der Waals surface area contributed by atoms with E-state index in [0.717, 1.165) is 6.54 Å². The molecule has 36 heavy (non-hydrogen) atoms. The molecule has 5 heterocycles. The van der Waals surface area contributed by atoms with Gasteiger partial charge in [0.25, 0.3) is 5.91 Å². The van der Waals surface area contributed by atoms with Crippen molar-refractivity contribution in [3.8, 4) is 22.8 Å². The van der Waals surface area contributed by atoms with Crippen molar-refractivity contribution in [3.63, 3.8) is 0 Å². The smallest absolute Gasteiger partial charge is 0.261 e. The van der Waals surface area contributed by atoms with Crippen LogP contribution in [0.4, 0.5) is 10.2 Å².